The van der Waals surface area contributed by atoms with Gasteiger partial charge < -0.3 is 15.7 Å². The number of nitrogens with one attached hydrogen (secondary N) is 2. The SMILES string of the molecule is CC(C)(C)CNC(=O)NC(C)(C(=O)O)C1CC1. The van der Waals surface area contributed by atoms with E-state index in [1.165, 1.54) is 0 Å². The summed E-state index contributed by atoms with van der Waals surface area (Å²) in [5, 5.41) is 14.5. The van der Waals surface area contributed by atoms with Crippen molar-refractivity contribution in [2.75, 3.05) is 6.54 Å². The molecule has 5 heteroatoms. The highest BCUT2D eigenvalue weighted by Gasteiger charge is 2.48. The average Bonchev–Trinajstić information content (AvgIpc) is 2.96. The standard InChI is InChI=1S/C12H22N2O3/c1-11(2,3)7-13-10(17)14-12(4,9(15)16)8-5-6-8/h8H,5-7H2,1-4H3,(H,15,16)(H2,13,14,17). The average molecular weight is 242 g/mol. The highest BCUT2D eigenvalue weighted by Crippen LogP contribution is 2.39. The van der Waals surface area contributed by atoms with Gasteiger partial charge in [0.25, 0.3) is 0 Å². The molecule has 17 heavy (non-hydrogen) atoms. The van der Waals surface area contributed by atoms with Crippen molar-refractivity contribution in [2.45, 2.75) is 46.1 Å². The molecule has 1 aliphatic carbocycles. The lowest BCUT2D eigenvalue weighted by atomic mass is 9.96. The summed E-state index contributed by atoms with van der Waals surface area (Å²) < 4.78 is 0. The Bertz CT molecular complexity index is 318. The van der Waals surface area contributed by atoms with Crippen LogP contribution in [0.25, 0.3) is 0 Å². The first-order chi connectivity index (χ1) is 7.65. The van der Waals surface area contributed by atoms with E-state index in [-0.39, 0.29) is 11.3 Å². The number of aliphatic carboxylic acids is 1. The maximum atomic E-state index is 11.7. The monoisotopic (exact) mass is 242 g/mol. The molecule has 1 saturated carbocycles. The van der Waals surface area contributed by atoms with E-state index in [0.29, 0.717) is 6.54 Å². The van der Waals surface area contributed by atoms with Gasteiger partial charge in [-0.3, -0.25) is 0 Å². The van der Waals surface area contributed by atoms with Gasteiger partial charge in [-0.1, -0.05) is 20.8 Å². The predicted octanol–water partition coefficient (Wildman–Crippen LogP) is 1.58. The van der Waals surface area contributed by atoms with Crippen molar-refractivity contribution in [3.63, 3.8) is 0 Å². The number of amides is 2. The van der Waals surface area contributed by atoms with E-state index in [9.17, 15) is 14.7 Å². The minimum absolute atomic E-state index is 0.0173. The Labute approximate surface area is 102 Å². The van der Waals surface area contributed by atoms with Gasteiger partial charge in [-0.2, -0.15) is 0 Å². The van der Waals surface area contributed by atoms with E-state index in [2.05, 4.69) is 10.6 Å². The fraction of sp³-hybridized carbons (Fsp3) is 0.833. The van der Waals surface area contributed by atoms with Crippen LogP contribution in [-0.2, 0) is 4.79 Å². The number of carbonyl (C=O) groups excluding carboxylic acids is 1. The minimum atomic E-state index is -1.14. The molecule has 0 radical (unpaired) electrons. The normalized spacial score (nSPS) is 19.3. The van der Waals surface area contributed by atoms with Gasteiger partial charge in [0.2, 0.25) is 0 Å². The summed E-state index contributed by atoms with van der Waals surface area (Å²) in [5.41, 5.74) is -1.15. The molecule has 0 bridgehead atoms. The quantitative estimate of drug-likeness (QED) is 0.700. The fourth-order valence-corrected chi connectivity index (χ4v) is 1.62. The van der Waals surface area contributed by atoms with Crippen LogP contribution >= 0.6 is 0 Å². The molecule has 1 fully saturated rings. The Kier molecular flexibility index (Phi) is 3.69. The van der Waals surface area contributed by atoms with Crippen molar-refractivity contribution >= 4 is 12.0 Å². The van der Waals surface area contributed by atoms with E-state index in [4.69, 9.17) is 0 Å². The molecule has 3 N–H and O–H groups in total. The molecule has 0 aromatic heterocycles. The Hall–Kier alpha value is -1.26. The Balaban J connectivity index is 2.51. The van der Waals surface area contributed by atoms with Gasteiger partial charge in [0.05, 0.1) is 0 Å². The van der Waals surface area contributed by atoms with Gasteiger partial charge in [-0.05, 0) is 31.1 Å². The number of hydrogen-bond donors (Lipinski definition) is 3. The van der Waals surface area contributed by atoms with E-state index in [0.717, 1.165) is 12.8 Å². The van der Waals surface area contributed by atoms with Gasteiger partial charge in [0.15, 0.2) is 0 Å². The van der Waals surface area contributed by atoms with Crippen LogP contribution < -0.4 is 10.6 Å². The van der Waals surface area contributed by atoms with Crippen LogP contribution in [0, 0.1) is 11.3 Å². The fourth-order valence-electron chi connectivity index (χ4n) is 1.62. The lowest BCUT2D eigenvalue weighted by molar-refractivity contribution is -0.144. The molecule has 1 atom stereocenters. The van der Waals surface area contributed by atoms with Crippen LogP contribution in [0.1, 0.15) is 40.5 Å². The van der Waals surface area contributed by atoms with Crippen LogP contribution in [0.15, 0.2) is 0 Å². The zero-order valence-electron chi connectivity index (χ0n) is 11.0. The zero-order valence-corrected chi connectivity index (χ0v) is 11.0. The van der Waals surface area contributed by atoms with Crippen LogP contribution in [0.3, 0.4) is 0 Å². The second kappa shape index (κ2) is 4.55. The van der Waals surface area contributed by atoms with Crippen molar-refractivity contribution in [2.24, 2.45) is 11.3 Å². The molecule has 1 rings (SSSR count). The molecular weight excluding hydrogens is 220 g/mol. The summed E-state index contributed by atoms with van der Waals surface area (Å²) in [7, 11) is 0. The number of hydrogen-bond acceptors (Lipinski definition) is 2. The van der Waals surface area contributed by atoms with E-state index in [1.54, 1.807) is 6.92 Å². The molecule has 0 aromatic rings. The highest BCUT2D eigenvalue weighted by molar-refractivity contribution is 5.86. The molecule has 1 unspecified atom stereocenters. The maximum absolute atomic E-state index is 11.7. The summed E-state index contributed by atoms with van der Waals surface area (Å²) in [6.07, 6.45) is 1.73. The van der Waals surface area contributed by atoms with Crippen LogP contribution in [0.4, 0.5) is 4.79 Å². The molecule has 0 spiro atoms. The maximum Gasteiger partial charge on any atom is 0.329 e. The molecule has 2 amide bonds. The van der Waals surface area contributed by atoms with Gasteiger partial charge in [-0.15, -0.1) is 0 Å². The molecule has 0 aromatic carbocycles. The largest absolute Gasteiger partial charge is 0.480 e. The van der Waals surface area contributed by atoms with Crippen LogP contribution in [0.2, 0.25) is 0 Å². The lowest BCUT2D eigenvalue weighted by Gasteiger charge is -2.27. The molecular formula is C12H22N2O3. The minimum Gasteiger partial charge on any atom is -0.480 e. The zero-order chi connectivity index (χ0) is 13.3. The molecule has 0 aliphatic heterocycles. The Morgan fingerprint density at radius 3 is 2.12 bits per heavy atom. The molecule has 1 aliphatic rings. The Morgan fingerprint density at radius 1 is 1.24 bits per heavy atom. The predicted molar refractivity (Wildman–Crippen MR) is 64.8 cm³/mol. The van der Waals surface area contributed by atoms with Crippen molar-refractivity contribution < 1.29 is 14.7 Å². The third-order valence-electron chi connectivity index (χ3n) is 2.99. The van der Waals surface area contributed by atoms with Gasteiger partial charge in [0, 0.05) is 6.54 Å². The lowest BCUT2D eigenvalue weighted by Crippen LogP contribution is -2.57. The molecule has 5 nitrogen and oxygen atoms in total. The summed E-state index contributed by atoms with van der Waals surface area (Å²) in [4.78, 5) is 22.9. The third kappa shape index (κ3) is 3.91. The number of carbonyl (C=O) groups is 2. The Morgan fingerprint density at radius 2 is 1.76 bits per heavy atom. The smallest absolute Gasteiger partial charge is 0.329 e. The number of urea groups is 1. The van der Waals surface area contributed by atoms with Gasteiger partial charge in [0.1, 0.15) is 5.54 Å². The van der Waals surface area contributed by atoms with Crippen LogP contribution in [0.5, 0.6) is 0 Å². The summed E-state index contributed by atoms with van der Waals surface area (Å²) in [6.45, 7) is 8.10. The van der Waals surface area contributed by atoms with E-state index < -0.39 is 17.5 Å². The topological polar surface area (TPSA) is 78.4 Å². The molecule has 0 heterocycles. The van der Waals surface area contributed by atoms with E-state index in [1.807, 2.05) is 20.8 Å². The van der Waals surface area contributed by atoms with Crippen LogP contribution in [-0.4, -0.2) is 29.2 Å². The summed E-state index contributed by atoms with van der Waals surface area (Å²) in [5.74, 6) is -0.911. The van der Waals surface area contributed by atoms with Crippen molar-refractivity contribution in [3.05, 3.63) is 0 Å². The highest BCUT2D eigenvalue weighted by atomic mass is 16.4. The first kappa shape index (κ1) is 13.8. The van der Waals surface area contributed by atoms with E-state index >= 15 is 0 Å². The first-order valence-electron chi connectivity index (χ1n) is 5.94. The second-order valence-corrected chi connectivity index (χ2v) is 6.15. The number of carboxylic acids is 1. The summed E-state index contributed by atoms with van der Waals surface area (Å²) >= 11 is 0. The molecule has 0 saturated heterocycles. The summed E-state index contributed by atoms with van der Waals surface area (Å²) in [6, 6.07) is -0.406. The molecule has 98 valence electrons. The first-order valence-corrected chi connectivity index (χ1v) is 5.94. The number of rotatable bonds is 4. The third-order valence-corrected chi connectivity index (χ3v) is 2.99. The van der Waals surface area contributed by atoms with Crippen molar-refractivity contribution in [1.29, 1.82) is 0 Å². The van der Waals surface area contributed by atoms with Crippen molar-refractivity contribution in [3.8, 4) is 0 Å². The van der Waals surface area contributed by atoms with Gasteiger partial charge >= 0.3 is 12.0 Å². The second-order valence-electron chi connectivity index (χ2n) is 6.15. The van der Waals surface area contributed by atoms with Gasteiger partial charge in [-0.25, -0.2) is 9.59 Å². The van der Waals surface area contributed by atoms with Crippen molar-refractivity contribution in [1.82, 2.24) is 10.6 Å². The number of carboxylic acid groups (broad SMARTS) is 1.